The van der Waals surface area contributed by atoms with E-state index in [0.29, 0.717) is 19.6 Å². The lowest BCUT2D eigenvalue weighted by Crippen LogP contribution is -2.43. The molecule has 0 amide bonds. The second-order valence-corrected chi connectivity index (χ2v) is 4.43. The highest BCUT2D eigenvalue weighted by Gasteiger charge is 2.39. The molecule has 1 aromatic heterocycles. The van der Waals surface area contributed by atoms with Gasteiger partial charge in [-0.1, -0.05) is 0 Å². The number of pyridine rings is 1. The largest absolute Gasteiger partial charge is 0.387 e. The Morgan fingerprint density at radius 1 is 1.53 bits per heavy atom. The molecule has 0 aromatic carbocycles. The van der Waals surface area contributed by atoms with E-state index in [1.54, 1.807) is 12.4 Å². The monoisotopic (exact) mass is 237 g/mol. The number of aromatic nitrogens is 1. The maximum absolute atomic E-state index is 10.3. The Morgan fingerprint density at radius 3 is 2.94 bits per heavy atom. The van der Waals surface area contributed by atoms with Crippen LogP contribution in [-0.2, 0) is 4.74 Å². The smallest absolute Gasteiger partial charge is 0.110 e. The van der Waals surface area contributed by atoms with Crippen LogP contribution in [0.3, 0.4) is 0 Å². The first-order valence-electron chi connectivity index (χ1n) is 5.85. The van der Waals surface area contributed by atoms with Crippen LogP contribution in [0.1, 0.15) is 13.3 Å². The minimum atomic E-state index is -0.782. The number of hydrogen-bond acceptors (Lipinski definition) is 5. The van der Waals surface area contributed by atoms with Crippen molar-refractivity contribution in [3.05, 3.63) is 18.5 Å². The summed E-state index contributed by atoms with van der Waals surface area (Å²) < 4.78 is 5.38. The van der Waals surface area contributed by atoms with Crippen molar-refractivity contribution in [3.63, 3.8) is 0 Å². The predicted molar refractivity (Wildman–Crippen MR) is 67.3 cm³/mol. The van der Waals surface area contributed by atoms with E-state index >= 15 is 0 Å². The van der Waals surface area contributed by atoms with Crippen LogP contribution < -0.4 is 10.6 Å². The molecule has 1 fully saturated rings. The van der Waals surface area contributed by atoms with Crippen LogP contribution in [0.2, 0.25) is 0 Å². The maximum atomic E-state index is 10.3. The summed E-state index contributed by atoms with van der Waals surface area (Å²) in [5.41, 5.74) is 1.05. The number of rotatable bonds is 4. The van der Waals surface area contributed by atoms with Crippen molar-refractivity contribution in [2.75, 3.05) is 30.8 Å². The Balaban J connectivity index is 1.97. The normalized spacial score (nSPS) is 28.1. The van der Waals surface area contributed by atoms with Gasteiger partial charge in [-0.05, 0) is 13.0 Å². The van der Waals surface area contributed by atoms with Gasteiger partial charge in [0.2, 0.25) is 0 Å². The summed E-state index contributed by atoms with van der Waals surface area (Å²) in [4.78, 5) is 4.10. The molecular weight excluding hydrogens is 218 g/mol. The zero-order valence-electron chi connectivity index (χ0n) is 10.2. The third-order valence-corrected chi connectivity index (χ3v) is 3.29. The summed E-state index contributed by atoms with van der Waals surface area (Å²) in [6.45, 7) is 2.99. The van der Waals surface area contributed by atoms with Crippen molar-refractivity contribution >= 4 is 11.4 Å². The molecular formula is C12H19N3O2. The molecule has 1 saturated heterocycles. The molecule has 0 saturated carbocycles. The van der Waals surface area contributed by atoms with Gasteiger partial charge in [-0.3, -0.25) is 4.98 Å². The first-order chi connectivity index (χ1) is 8.14. The van der Waals surface area contributed by atoms with E-state index in [4.69, 9.17) is 4.74 Å². The summed E-state index contributed by atoms with van der Waals surface area (Å²) in [5, 5.41) is 16.5. The summed E-state index contributed by atoms with van der Waals surface area (Å²) in [5.74, 6) is 0. The van der Waals surface area contributed by atoms with Crippen LogP contribution in [0.5, 0.6) is 0 Å². The molecule has 5 heteroatoms. The Labute approximate surface area is 101 Å². The lowest BCUT2D eigenvalue weighted by molar-refractivity contribution is -0.0175. The van der Waals surface area contributed by atoms with Crippen LogP contribution in [0.4, 0.5) is 11.4 Å². The fourth-order valence-corrected chi connectivity index (χ4v) is 1.93. The minimum Gasteiger partial charge on any atom is -0.387 e. The fraction of sp³-hybridized carbons (Fsp3) is 0.583. The van der Waals surface area contributed by atoms with E-state index in [0.717, 1.165) is 11.4 Å². The molecule has 0 aliphatic carbocycles. The molecule has 5 nitrogen and oxygen atoms in total. The second-order valence-electron chi connectivity index (χ2n) is 4.43. The van der Waals surface area contributed by atoms with E-state index in [-0.39, 0.29) is 6.10 Å². The molecule has 1 aliphatic heterocycles. The van der Waals surface area contributed by atoms with Crippen LogP contribution in [0.15, 0.2) is 18.5 Å². The highest BCUT2D eigenvalue weighted by molar-refractivity contribution is 5.53. The molecule has 2 rings (SSSR count). The molecule has 2 atom stereocenters. The topological polar surface area (TPSA) is 66.4 Å². The first-order valence-corrected chi connectivity index (χ1v) is 5.85. The molecule has 1 aliphatic rings. The average Bonchev–Trinajstić information content (AvgIpc) is 2.68. The Kier molecular flexibility index (Phi) is 3.49. The molecule has 2 heterocycles. The van der Waals surface area contributed by atoms with Crippen molar-refractivity contribution in [2.24, 2.45) is 0 Å². The van der Waals surface area contributed by atoms with Gasteiger partial charge in [0.15, 0.2) is 0 Å². The Hall–Kier alpha value is -1.33. The third-order valence-electron chi connectivity index (χ3n) is 3.29. The molecule has 0 bridgehead atoms. The number of hydrogen-bond donors (Lipinski definition) is 3. The van der Waals surface area contributed by atoms with Crippen molar-refractivity contribution in [1.29, 1.82) is 0 Å². The highest BCUT2D eigenvalue weighted by Crippen LogP contribution is 2.26. The van der Waals surface area contributed by atoms with Crippen molar-refractivity contribution in [1.82, 2.24) is 4.98 Å². The average molecular weight is 237 g/mol. The summed E-state index contributed by atoms with van der Waals surface area (Å²) in [6.07, 6.45) is 4.03. The van der Waals surface area contributed by atoms with Gasteiger partial charge in [0.05, 0.1) is 29.9 Å². The zero-order valence-corrected chi connectivity index (χ0v) is 10.2. The third kappa shape index (κ3) is 2.68. The Bertz CT molecular complexity index is 386. The van der Waals surface area contributed by atoms with E-state index in [2.05, 4.69) is 15.6 Å². The van der Waals surface area contributed by atoms with Crippen molar-refractivity contribution in [3.8, 4) is 0 Å². The van der Waals surface area contributed by atoms with Crippen LogP contribution in [0, 0.1) is 0 Å². The van der Waals surface area contributed by atoms with Gasteiger partial charge >= 0.3 is 0 Å². The van der Waals surface area contributed by atoms with E-state index < -0.39 is 5.60 Å². The number of anilines is 2. The van der Waals surface area contributed by atoms with Gasteiger partial charge in [-0.15, -0.1) is 0 Å². The van der Waals surface area contributed by atoms with Gasteiger partial charge in [0.1, 0.15) is 5.60 Å². The second kappa shape index (κ2) is 4.89. The number of nitrogens with one attached hydrogen (secondary N) is 2. The lowest BCUT2D eigenvalue weighted by atomic mass is 9.97. The lowest BCUT2D eigenvalue weighted by Gasteiger charge is -2.26. The molecule has 2 unspecified atom stereocenters. The zero-order chi connectivity index (χ0) is 12.3. The highest BCUT2D eigenvalue weighted by atomic mass is 16.5. The van der Waals surface area contributed by atoms with Crippen LogP contribution in [-0.4, -0.2) is 42.0 Å². The summed E-state index contributed by atoms with van der Waals surface area (Å²) in [6, 6.07) is 1.96. The SMILES string of the molecule is CNc1cncc(NCC2(O)CCOC2C)c1. The van der Waals surface area contributed by atoms with Gasteiger partial charge in [0.25, 0.3) is 0 Å². The minimum absolute atomic E-state index is 0.129. The van der Waals surface area contributed by atoms with Crippen LogP contribution >= 0.6 is 0 Å². The van der Waals surface area contributed by atoms with Gasteiger partial charge in [-0.2, -0.15) is 0 Å². The standard InChI is InChI=1S/C12H19N3O2/c1-9-12(16,3-4-17-9)8-15-11-5-10(13-2)6-14-7-11/h5-7,9,13,15-16H,3-4,8H2,1-2H3. The number of ether oxygens (including phenoxy) is 1. The summed E-state index contributed by atoms with van der Waals surface area (Å²) in [7, 11) is 1.85. The van der Waals surface area contributed by atoms with Gasteiger partial charge in [-0.25, -0.2) is 0 Å². The van der Waals surface area contributed by atoms with E-state index in [9.17, 15) is 5.11 Å². The quantitative estimate of drug-likeness (QED) is 0.731. The van der Waals surface area contributed by atoms with Gasteiger partial charge in [0, 0.05) is 26.6 Å². The van der Waals surface area contributed by atoms with E-state index in [1.807, 2.05) is 20.0 Å². The predicted octanol–water partition coefficient (Wildman–Crippen LogP) is 1.08. The van der Waals surface area contributed by atoms with Crippen molar-refractivity contribution < 1.29 is 9.84 Å². The molecule has 1 aromatic rings. The molecule has 17 heavy (non-hydrogen) atoms. The number of aliphatic hydroxyl groups is 1. The van der Waals surface area contributed by atoms with Crippen molar-refractivity contribution in [2.45, 2.75) is 25.0 Å². The van der Waals surface area contributed by atoms with Crippen LogP contribution in [0.25, 0.3) is 0 Å². The molecule has 0 radical (unpaired) electrons. The van der Waals surface area contributed by atoms with E-state index in [1.165, 1.54) is 0 Å². The molecule has 0 spiro atoms. The summed E-state index contributed by atoms with van der Waals surface area (Å²) >= 11 is 0. The fourth-order valence-electron chi connectivity index (χ4n) is 1.93. The Morgan fingerprint density at radius 2 is 2.29 bits per heavy atom. The number of nitrogens with zero attached hydrogens (tertiary/aromatic N) is 1. The molecule has 94 valence electrons. The first kappa shape index (κ1) is 12.1. The van der Waals surface area contributed by atoms with Gasteiger partial charge < -0.3 is 20.5 Å². The molecule has 3 N–H and O–H groups in total. The maximum Gasteiger partial charge on any atom is 0.110 e.